The zero-order valence-electron chi connectivity index (χ0n) is 28.1. The van der Waals surface area contributed by atoms with Gasteiger partial charge in [0, 0.05) is 64.5 Å². The molecular formula is C48H34N2S. The van der Waals surface area contributed by atoms with Crippen molar-refractivity contribution in [3.63, 3.8) is 0 Å². The van der Waals surface area contributed by atoms with Gasteiger partial charge >= 0.3 is 0 Å². The molecule has 51 heavy (non-hydrogen) atoms. The Morgan fingerprint density at radius 3 is 2.24 bits per heavy atom. The van der Waals surface area contributed by atoms with E-state index in [4.69, 9.17) is 0 Å². The molecule has 9 aromatic rings. The van der Waals surface area contributed by atoms with Crippen LogP contribution in [0.25, 0.3) is 87.0 Å². The Bertz CT molecular complexity index is 2960. The minimum atomic E-state index is 1.02. The van der Waals surface area contributed by atoms with E-state index in [0.29, 0.717) is 0 Å². The smallest absolute Gasteiger partial charge is 0.0547 e. The van der Waals surface area contributed by atoms with E-state index < -0.39 is 0 Å². The first-order valence-corrected chi connectivity index (χ1v) is 18.9. The van der Waals surface area contributed by atoms with Gasteiger partial charge in [-0.15, -0.1) is 11.3 Å². The van der Waals surface area contributed by atoms with Crippen molar-refractivity contribution in [2.24, 2.45) is 0 Å². The maximum absolute atomic E-state index is 2.59. The molecule has 2 nitrogen and oxygen atoms in total. The second-order valence-electron chi connectivity index (χ2n) is 13.9. The fourth-order valence-corrected chi connectivity index (χ4v) is 9.99. The first-order chi connectivity index (χ1) is 25.3. The second-order valence-corrected chi connectivity index (χ2v) is 14.9. The largest absolute Gasteiger partial charge is 0.313 e. The summed E-state index contributed by atoms with van der Waals surface area (Å²) in [7, 11) is 0. The number of aromatic nitrogens is 2. The van der Waals surface area contributed by atoms with E-state index in [9.17, 15) is 0 Å². The molecule has 3 aromatic heterocycles. The summed E-state index contributed by atoms with van der Waals surface area (Å²) in [5.41, 5.74) is 14.1. The number of para-hydroxylation sites is 2. The number of rotatable bonds is 4. The molecule has 0 saturated heterocycles. The maximum Gasteiger partial charge on any atom is 0.0547 e. The van der Waals surface area contributed by atoms with Gasteiger partial charge in [0.2, 0.25) is 0 Å². The minimum absolute atomic E-state index is 1.02. The SMILES string of the molecule is C1=CC(c2cc(-n3c4c(c5ccc(-c6cccc7c6c6ccccc6n7-c6ccccc6)cc53)C=CCC4)cc3c2sc2ccccc23)=CCC1. The van der Waals surface area contributed by atoms with Crippen LogP contribution in [0.2, 0.25) is 0 Å². The number of benzene rings is 6. The molecule has 0 unspecified atom stereocenters. The van der Waals surface area contributed by atoms with Crippen LogP contribution in [0, 0.1) is 0 Å². The van der Waals surface area contributed by atoms with Gasteiger partial charge < -0.3 is 9.13 Å². The fraction of sp³-hybridized carbons (Fsp3) is 0.0833. The topological polar surface area (TPSA) is 9.86 Å². The number of thiophene rings is 1. The van der Waals surface area contributed by atoms with Gasteiger partial charge in [-0.2, -0.15) is 0 Å². The fourth-order valence-electron chi connectivity index (χ4n) is 8.77. The van der Waals surface area contributed by atoms with Crippen molar-refractivity contribution in [3.8, 4) is 22.5 Å². The molecule has 3 heterocycles. The summed E-state index contributed by atoms with van der Waals surface area (Å²) in [6.45, 7) is 0. The molecule has 6 aromatic carbocycles. The van der Waals surface area contributed by atoms with E-state index in [2.05, 4.69) is 167 Å². The highest BCUT2D eigenvalue weighted by Gasteiger charge is 2.23. The van der Waals surface area contributed by atoms with E-state index >= 15 is 0 Å². The second kappa shape index (κ2) is 11.3. The molecule has 0 atom stereocenters. The van der Waals surface area contributed by atoms with Crippen LogP contribution >= 0.6 is 11.3 Å². The molecule has 0 amide bonds. The van der Waals surface area contributed by atoms with Gasteiger partial charge in [-0.25, -0.2) is 0 Å². The van der Waals surface area contributed by atoms with E-state index in [-0.39, 0.29) is 0 Å². The summed E-state index contributed by atoms with van der Waals surface area (Å²) in [6, 6.07) is 47.4. The van der Waals surface area contributed by atoms with Crippen molar-refractivity contribution in [1.82, 2.24) is 9.13 Å². The molecule has 0 radical (unpaired) electrons. The van der Waals surface area contributed by atoms with Crippen molar-refractivity contribution in [2.45, 2.75) is 25.7 Å². The third kappa shape index (κ3) is 4.35. The lowest BCUT2D eigenvalue weighted by molar-refractivity contribution is 0.889. The van der Waals surface area contributed by atoms with E-state index in [1.807, 2.05) is 11.3 Å². The van der Waals surface area contributed by atoms with Crippen LogP contribution in [-0.4, -0.2) is 9.13 Å². The number of allylic oxidation sites excluding steroid dienone is 5. The molecule has 0 N–H and O–H groups in total. The summed E-state index contributed by atoms with van der Waals surface area (Å²) in [5, 5.41) is 6.58. The minimum Gasteiger partial charge on any atom is -0.313 e. The summed E-state index contributed by atoms with van der Waals surface area (Å²) >= 11 is 1.93. The molecule has 0 aliphatic heterocycles. The highest BCUT2D eigenvalue weighted by atomic mass is 32.1. The highest BCUT2D eigenvalue weighted by Crippen LogP contribution is 2.44. The van der Waals surface area contributed by atoms with Crippen molar-refractivity contribution in [2.75, 3.05) is 0 Å². The molecule has 11 rings (SSSR count). The first-order valence-electron chi connectivity index (χ1n) is 18.1. The Morgan fingerprint density at radius 1 is 0.510 bits per heavy atom. The van der Waals surface area contributed by atoms with Crippen LogP contribution in [-0.2, 0) is 6.42 Å². The lowest BCUT2D eigenvalue weighted by Gasteiger charge is -2.17. The predicted octanol–water partition coefficient (Wildman–Crippen LogP) is 13.5. The van der Waals surface area contributed by atoms with Gasteiger partial charge in [-0.05, 0) is 90.9 Å². The molecule has 0 bridgehead atoms. The van der Waals surface area contributed by atoms with Crippen molar-refractivity contribution < 1.29 is 0 Å². The molecule has 0 fully saturated rings. The van der Waals surface area contributed by atoms with E-state index in [1.54, 1.807) is 0 Å². The zero-order chi connectivity index (χ0) is 33.5. The summed E-state index contributed by atoms with van der Waals surface area (Å²) in [6.07, 6.45) is 16.1. The maximum atomic E-state index is 2.59. The van der Waals surface area contributed by atoms with Gasteiger partial charge in [0.15, 0.2) is 0 Å². The molecule has 3 heteroatoms. The standard InChI is InChI=1S/C48H34N2S/c1-3-14-31(15-4-1)40-29-34(30-41-38-19-9-12-25-46(38)51-48(40)41)50-42-22-10-7-18-36(42)37-27-26-32(28-45(37)50)35-21-13-24-44-47(35)39-20-8-11-23-43(39)49(44)33-16-5-2-6-17-33/h2-3,5-9,11-21,23-30H,1,4,10,22H2. The van der Waals surface area contributed by atoms with Gasteiger partial charge in [0.25, 0.3) is 0 Å². The van der Waals surface area contributed by atoms with Crippen LogP contribution in [0.3, 0.4) is 0 Å². The van der Waals surface area contributed by atoms with Crippen LogP contribution < -0.4 is 0 Å². The van der Waals surface area contributed by atoms with Gasteiger partial charge in [0.05, 0.1) is 16.6 Å². The third-order valence-corrected chi connectivity index (χ3v) is 12.2. The highest BCUT2D eigenvalue weighted by molar-refractivity contribution is 7.26. The third-order valence-electron chi connectivity index (χ3n) is 11.0. The Hall–Kier alpha value is -5.90. The van der Waals surface area contributed by atoms with Crippen molar-refractivity contribution >= 4 is 75.9 Å². The molecule has 242 valence electrons. The Balaban J connectivity index is 1.20. The lowest BCUT2D eigenvalue weighted by Crippen LogP contribution is -2.04. The van der Waals surface area contributed by atoms with Crippen LogP contribution in [0.15, 0.2) is 152 Å². The predicted molar refractivity (Wildman–Crippen MR) is 220 cm³/mol. The normalized spacial score (nSPS) is 14.3. The summed E-state index contributed by atoms with van der Waals surface area (Å²) in [4.78, 5) is 0. The molecular weight excluding hydrogens is 637 g/mol. The first kappa shape index (κ1) is 28.9. The lowest BCUT2D eigenvalue weighted by atomic mass is 9.97. The Labute approximate surface area is 300 Å². The van der Waals surface area contributed by atoms with Crippen molar-refractivity contribution in [3.05, 3.63) is 169 Å². The van der Waals surface area contributed by atoms with Crippen LogP contribution in [0.5, 0.6) is 0 Å². The zero-order valence-corrected chi connectivity index (χ0v) is 29.0. The molecule has 2 aliphatic rings. The average molecular weight is 671 g/mol. The van der Waals surface area contributed by atoms with E-state index in [1.165, 1.54) is 97.8 Å². The van der Waals surface area contributed by atoms with Crippen LogP contribution in [0.1, 0.15) is 36.1 Å². The number of hydrogen-bond acceptors (Lipinski definition) is 1. The van der Waals surface area contributed by atoms with Gasteiger partial charge in [0.1, 0.15) is 0 Å². The van der Waals surface area contributed by atoms with Crippen LogP contribution in [0.4, 0.5) is 0 Å². The average Bonchev–Trinajstić information content (AvgIpc) is 3.86. The number of hydrogen-bond donors (Lipinski definition) is 0. The summed E-state index contributed by atoms with van der Waals surface area (Å²) in [5.74, 6) is 0. The Morgan fingerprint density at radius 2 is 1.33 bits per heavy atom. The van der Waals surface area contributed by atoms with E-state index in [0.717, 1.165) is 25.7 Å². The Kier molecular flexibility index (Phi) is 6.41. The quantitative estimate of drug-likeness (QED) is 0.176. The van der Waals surface area contributed by atoms with Gasteiger partial charge in [-0.1, -0.05) is 109 Å². The number of fused-ring (bicyclic) bond motifs is 9. The molecule has 2 aliphatic carbocycles. The molecule has 0 spiro atoms. The monoisotopic (exact) mass is 670 g/mol. The van der Waals surface area contributed by atoms with Crippen molar-refractivity contribution in [1.29, 1.82) is 0 Å². The number of nitrogens with zero attached hydrogens (tertiary/aromatic N) is 2. The summed E-state index contributed by atoms with van der Waals surface area (Å²) < 4.78 is 7.73. The molecule has 0 saturated carbocycles. The van der Waals surface area contributed by atoms with Gasteiger partial charge in [-0.3, -0.25) is 0 Å².